The summed E-state index contributed by atoms with van der Waals surface area (Å²) in [6, 6.07) is 6.83. The normalized spacial score (nSPS) is 11.8. The maximum absolute atomic E-state index is 12.2. The third kappa shape index (κ3) is 2.20. The molecule has 3 aromatic heterocycles. The summed E-state index contributed by atoms with van der Waals surface area (Å²) < 4.78 is 27.1. The minimum Gasteiger partial charge on any atom is -0.261 e. The van der Waals surface area contributed by atoms with Gasteiger partial charge in [-0.2, -0.15) is 5.10 Å². The summed E-state index contributed by atoms with van der Waals surface area (Å²) in [6.07, 6.45) is 1.61. The fourth-order valence-corrected chi connectivity index (χ4v) is 3.97. The van der Waals surface area contributed by atoms with Crippen molar-refractivity contribution in [3.05, 3.63) is 35.3 Å². The van der Waals surface area contributed by atoms with E-state index in [9.17, 15) is 8.42 Å². The molecule has 0 aromatic carbocycles. The quantitative estimate of drug-likeness (QED) is 0.774. The van der Waals surface area contributed by atoms with Gasteiger partial charge in [-0.15, -0.1) is 11.3 Å². The number of hydrogen-bond acceptors (Lipinski definition) is 5. The number of pyridine rings is 1. The number of nitrogens with zero attached hydrogens (tertiary/aromatic N) is 2. The molecule has 3 rings (SSSR count). The molecular formula is C11H10N4O2S2. The van der Waals surface area contributed by atoms with E-state index in [2.05, 4.69) is 19.9 Å². The van der Waals surface area contributed by atoms with Crippen LogP contribution in [0.5, 0.6) is 0 Å². The molecule has 0 saturated heterocycles. The van der Waals surface area contributed by atoms with Crippen LogP contribution in [0.2, 0.25) is 0 Å². The lowest BCUT2D eigenvalue weighted by Gasteiger charge is -2.02. The molecule has 0 bridgehead atoms. The first-order valence-electron chi connectivity index (χ1n) is 5.44. The number of aromatic nitrogens is 3. The highest BCUT2D eigenvalue weighted by atomic mass is 32.2. The van der Waals surface area contributed by atoms with Gasteiger partial charge in [-0.05, 0) is 31.2 Å². The topological polar surface area (TPSA) is 87.7 Å². The Morgan fingerprint density at radius 1 is 1.32 bits per heavy atom. The third-order valence-corrected chi connectivity index (χ3v) is 5.38. The Bertz CT molecular complexity index is 835. The van der Waals surface area contributed by atoms with Crippen LogP contribution in [0.1, 0.15) is 4.88 Å². The summed E-state index contributed by atoms with van der Waals surface area (Å²) in [6.45, 7) is 1.86. The van der Waals surface area contributed by atoms with Crippen LogP contribution < -0.4 is 4.72 Å². The maximum atomic E-state index is 12.2. The Morgan fingerprint density at radius 3 is 2.89 bits per heavy atom. The van der Waals surface area contributed by atoms with Gasteiger partial charge in [0.2, 0.25) is 0 Å². The minimum absolute atomic E-state index is 0.258. The average molecular weight is 294 g/mol. The van der Waals surface area contributed by atoms with Gasteiger partial charge in [-0.3, -0.25) is 9.82 Å². The van der Waals surface area contributed by atoms with Gasteiger partial charge in [0, 0.05) is 11.1 Å². The number of rotatable bonds is 3. The van der Waals surface area contributed by atoms with E-state index in [0.29, 0.717) is 11.0 Å². The van der Waals surface area contributed by atoms with Crippen LogP contribution in [0.25, 0.3) is 11.0 Å². The molecule has 0 amide bonds. The number of hydrogen-bond donors (Lipinski definition) is 2. The molecule has 0 aliphatic carbocycles. The van der Waals surface area contributed by atoms with Gasteiger partial charge in [-0.1, -0.05) is 0 Å². The summed E-state index contributed by atoms with van der Waals surface area (Å²) in [5, 5.41) is 7.26. The van der Waals surface area contributed by atoms with Crippen molar-refractivity contribution in [2.75, 3.05) is 4.72 Å². The summed E-state index contributed by atoms with van der Waals surface area (Å²) >= 11 is 1.22. The molecule has 0 fully saturated rings. The zero-order valence-corrected chi connectivity index (χ0v) is 11.5. The predicted molar refractivity (Wildman–Crippen MR) is 73.8 cm³/mol. The van der Waals surface area contributed by atoms with E-state index in [1.54, 1.807) is 30.5 Å². The molecule has 3 heterocycles. The van der Waals surface area contributed by atoms with Crippen molar-refractivity contribution in [3.63, 3.8) is 0 Å². The van der Waals surface area contributed by atoms with E-state index >= 15 is 0 Å². The standard InChI is InChI=1S/C11H10N4O2S2/c1-7-4-5-9(18-7)19(16,17)15-11-8-3-2-6-12-10(8)13-14-11/h2-6H,1H3,(H2,12,13,14,15). The Balaban J connectivity index is 2.01. The summed E-state index contributed by atoms with van der Waals surface area (Å²) in [7, 11) is -3.60. The molecule has 0 atom stereocenters. The van der Waals surface area contributed by atoms with Crippen LogP contribution in [0.3, 0.4) is 0 Å². The molecule has 0 aliphatic rings. The number of H-pyrrole nitrogens is 1. The fourth-order valence-electron chi connectivity index (χ4n) is 1.67. The van der Waals surface area contributed by atoms with Crippen molar-refractivity contribution in [1.82, 2.24) is 15.2 Å². The SMILES string of the molecule is Cc1ccc(S(=O)(=O)Nc2n[nH]c3ncccc23)s1. The van der Waals surface area contributed by atoms with Crippen molar-refractivity contribution in [3.8, 4) is 0 Å². The van der Waals surface area contributed by atoms with Crippen LogP contribution in [0, 0.1) is 6.92 Å². The number of aromatic amines is 1. The molecular weight excluding hydrogens is 284 g/mol. The predicted octanol–water partition coefficient (Wildman–Crippen LogP) is 2.13. The number of aryl methyl sites for hydroxylation is 1. The number of nitrogens with one attached hydrogen (secondary N) is 2. The smallest absolute Gasteiger partial charge is 0.261 e. The van der Waals surface area contributed by atoms with Crippen molar-refractivity contribution < 1.29 is 8.42 Å². The largest absolute Gasteiger partial charge is 0.272 e. The molecule has 8 heteroatoms. The molecule has 0 radical (unpaired) electrons. The van der Waals surface area contributed by atoms with Crippen LogP contribution in [0.4, 0.5) is 5.82 Å². The first kappa shape index (κ1) is 12.1. The Morgan fingerprint density at radius 2 is 2.16 bits per heavy atom. The van der Waals surface area contributed by atoms with Crippen molar-refractivity contribution in [1.29, 1.82) is 0 Å². The lowest BCUT2D eigenvalue weighted by molar-refractivity contribution is 0.603. The highest BCUT2D eigenvalue weighted by Crippen LogP contribution is 2.25. The number of thiophene rings is 1. The molecule has 2 N–H and O–H groups in total. The van der Waals surface area contributed by atoms with Gasteiger partial charge < -0.3 is 0 Å². The van der Waals surface area contributed by atoms with Crippen molar-refractivity contribution in [2.24, 2.45) is 0 Å². The highest BCUT2D eigenvalue weighted by Gasteiger charge is 2.19. The van der Waals surface area contributed by atoms with E-state index in [-0.39, 0.29) is 10.0 Å². The van der Waals surface area contributed by atoms with Gasteiger partial charge in [0.1, 0.15) is 4.21 Å². The van der Waals surface area contributed by atoms with Gasteiger partial charge in [0.15, 0.2) is 11.5 Å². The highest BCUT2D eigenvalue weighted by molar-refractivity contribution is 7.94. The second-order valence-electron chi connectivity index (χ2n) is 3.94. The monoisotopic (exact) mass is 294 g/mol. The van der Waals surface area contributed by atoms with Crippen LogP contribution in [0.15, 0.2) is 34.7 Å². The van der Waals surface area contributed by atoms with E-state index in [1.807, 2.05) is 6.92 Å². The van der Waals surface area contributed by atoms with E-state index in [1.165, 1.54) is 11.3 Å². The van der Waals surface area contributed by atoms with Crippen molar-refractivity contribution >= 4 is 38.2 Å². The van der Waals surface area contributed by atoms with Crippen LogP contribution >= 0.6 is 11.3 Å². The third-order valence-electron chi connectivity index (χ3n) is 2.55. The zero-order chi connectivity index (χ0) is 13.5. The molecule has 0 aliphatic heterocycles. The molecule has 19 heavy (non-hydrogen) atoms. The number of sulfonamides is 1. The molecule has 3 aromatic rings. The summed E-state index contributed by atoms with van der Waals surface area (Å²) in [5.41, 5.74) is 0.544. The Kier molecular flexibility index (Phi) is 2.76. The van der Waals surface area contributed by atoms with Crippen LogP contribution in [-0.4, -0.2) is 23.6 Å². The second-order valence-corrected chi connectivity index (χ2v) is 7.14. The maximum Gasteiger partial charge on any atom is 0.272 e. The molecule has 0 spiro atoms. The average Bonchev–Trinajstić information content (AvgIpc) is 2.97. The molecule has 6 nitrogen and oxygen atoms in total. The number of fused-ring (bicyclic) bond motifs is 1. The summed E-state index contributed by atoms with van der Waals surface area (Å²) in [5.74, 6) is 0.258. The van der Waals surface area contributed by atoms with Crippen molar-refractivity contribution in [2.45, 2.75) is 11.1 Å². The second kappa shape index (κ2) is 4.32. The molecule has 0 unspecified atom stereocenters. The van der Waals surface area contributed by atoms with Gasteiger partial charge in [-0.25, -0.2) is 13.4 Å². The zero-order valence-electron chi connectivity index (χ0n) is 9.91. The van der Waals surface area contributed by atoms with Gasteiger partial charge in [0.25, 0.3) is 10.0 Å². The van der Waals surface area contributed by atoms with E-state index < -0.39 is 10.0 Å². The lowest BCUT2D eigenvalue weighted by Crippen LogP contribution is -2.11. The van der Waals surface area contributed by atoms with Crippen LogP contribution in [-0.2, 0) is 10.0 Å². The minimum atomic E-state index is -3.60. The van der Waals surface area contributed by atoms with E-state index in [0.717, 1.165) is 4.88 Å². The van der Waals surface area contributed by atoms with Gasteiger partial charge in [0.05, 0.1) is 5.39 Å². The van der Waals surface area contributed by atoms with Gasteiger partial charge >= 0.3 is 0 Å². The van der Waals surface area contributed by atoms with E-state index in [4.69, 9.17) is 0 Å². The summed E-state index contributed by atoms with van der Waals surface area (Å²) in [4.78, 5) is 5.00. The molecule has 98 valence electrons. The first-order chi connectivity index (χ1) is 9.06. The molecule has 0 saturated carbocycles. The number of anilines is 1. The fraction of sp³-hybridized carbons (Fsp3) is 0.0909. The lowest BCUT2D eigenvalue weighted by atomic mass is 10.3. The Labute approximate surface area is 113 Å². The first-order valence-corrected chi connectivity index (χ1v) is 7.74. The Hall–Kier alpha value is -1.93.